The number of hydrogen-bond acceptors (Lipinski definition) is 4. The van der Waals surface area contributed by atoms with Crippen molar-refractivity contribution >= 4 is 23.2 Å². The average molecular weight is 305 g/mol. The number of carbonyl (C=O) groups is 2. The number of amides is 2. The first-order valence-electron chi connectivity index (χ1n) is 7.15. The number of thiophene rings is 1. The molecule has 2 heterocycles. The van der Waals surface area contributed by atoms with Gasteiger partial charge in [0.2, 0.25) is 11.8 Å². The Hall–Kier alpha value is -1.87. The molecule has 2 atom stereocenters. The van der Waals surface area contributed by atoms with Crippen LogP contribution in [0.15, 0.2) is 12.1 Å². The van der Waals surface area contributed by atoms with Gasteiger partial charge < -0.3 is 10.6 Å². The molecule has 1 saturated heterocycles. The third-order valence-electron chi connectivity index (χ3n) is 3.91. The maximum atomic E-state index is 12.2. The van der Waals surface area contributed by atoms with Crippen molar-refractivity contribution in [2.24, 2.45) is 5.73 Å². The standard InChI is InChI=1S/C15H19N3O2S/c1-2-12(15(17)20)18-9-10(4-3-5-14(18)19)13-7-6-11(8-16)21-13/h6-7,10,12H,2-5,9H2,1H3,(H2,17,20). The minimum absolute atomic E-state index is 0.000197. The molecule has 1 aliphatic rings. The van der Waals surface area contributed by atoms with Crippen LogP contribution >= 0.6 is 11.3 Å². The first kappa shape index (κ1) is 15.5. The van der Waals surface area contributed by atoms with E-state index in [-0.39, 0.29) is 11.8 Å². The predicted octanol–water partition coefficient (Wildman–Crippen LogP) is 1.98. The molecule has 1 aromatic heterocycles. The lowest BCUT2D eigenvalue weighted by molar-refractivity contribution is -0.139. The van der Waals surface area contributed by atoms with E-state index in [0.29, 0.717) is 24.3 Å². The first-order chi connectivity index (χ1) is 10.1. The van der Waals surface area contributed by atoms with E-state index in [9.17, 15) is 9.59 Å². The number of rotatable bonds is 4. The van der Waals surface area contributed by atoms with Gasteiger partial charge in [-0.2, -0.15) is 5.26 Å². The highest BCUT2D eigenvalue weighted by Gasteiger charge is 2.32. The summed E-state index contributed by atoms with van der Waals surface area (Å²) in [5.41, 5.74) is 5.43. The summed E-state index contributed by atoms with van der Waals surface area (Å²) >= 11 is 1.46. The minimum Gasteiger partial charge on any atom is -0.368 e. The lowest BCUT2D eigenvalue weighted by atomic mass is 10.0. The Morgan fingerprint density at radius 2 is 2.38 bits per heavy atom. The van der Waals surface area contributed by atoms with Gasteiger partial charge >= 0.3 is 0 Å². The Bertz CT molecular complexity index is 576. The third-order valence-corrected chi connectivity index (χ3v) is 5.06. The zero-order chi connectivity index (χ0) is 15.4. The molecule has 0 saturated carbocycles. The van der Waals surface area contributed by atoms with E-state index in [2.05, 4.69) is 6.07 Å². The molecule has 0 aromatic carbocycles. The fourth-order valence-corrected chi connectivity index (χ4v) is 3.75. The fourth-order valence-electron chi connectivity index (χ4n) is 2.81. The second kappa shape index (κ2) is 6.72. The van der Waals surface area contributed by atoms with E-state index in [0.717, 1.165) is 17.7 Å². The molecule has 2 unspecified atom stereocenters. The van der Waals surface area contributed by atoms with Crippen molar-refractivity contribution in [3.05, 3.63) is 21.9 Å². The van der Waals surface area contributed by atoms with Gasteiger partial charge in [0.15, 0.2) is 0 Å². The molecule has 0 aliphatic carbocycles. The molecule has 0 bridgehead atoms. The van der Waals surface area contributed by atoms with E-state index in [1.807, 2.05) is 19.1 Å². The summed E-state index contributed by atoms with van der Waals surface area (Å²) in [5.74, 6) is -0.271. The van der Waals surface area contributed by atoms with Crippen molar-refractivity contribution in [2.45, 2.75) is 44.6 Å². The number of nitriles is 1. The van der Waals surface area contributed by atoms with Gasteiger partial charge in [0.05, 0.1) is 0 Å². The maximum Gasteiger partial charge on any atom is 0.240 e. The molecule has 112 valence electrons. The molecule has 1 aromatic rings. The van der Waals surface area contributed by atoms with Crippen LogP contribution in [-0.4, -0.2) is 29.3 Å². The number of hydrogen-bond donors (Lipinski definition) is 1. The van der Waals surface area contributed by atoms with Crippen LogP contribution in [0.1, 0.15) is 48.3 Å². The largest absolute Gasteiger partial charge is 0.368 e. The van der Waals surface area contributed by atoms with Gasteiger partial charge in [-0.05, 0) is 31.4 Å². The van der Waals surface area contributed by atoms with Crippen molar-refractivity contribution < 1.29 is 9.59 Å². The Morgan fingerprint density at radius 1 is 1.62 bits per heavy atom. The molecule has 21 heavy (non-hydrogen) atoms. The van der Waals surface area contributed by atoms with Gasteiger partial charge in [-0.15, -0.1) is 11.3 Å². The van der Waals surface area contributed by atoms with E-state index in [1.165, 1.54) is 11.3 Å². The SMILES string of the molecule is CCC(C(N)=O)N1CC(c2ccc(C#N)s2)CCCC1=O. The van der Waals surface area contributed by atoms with Crippen LogP contribution in [-0.2, 0) is 9.59 Å². The minimum atomic E-state index is -0.534. The van der Waals surface area contributed by atoms with E-state index in [4.69, 9.17) is 11.0 Å². The zero-order valence-electron chi connectivity index (χ0n) is 12.0. The second-order valence-corrected chi connectivity index (χ2v) is 6.39. The van der Waals surface area contributed by atoms with Crippen LogP contribution in [0.4, 0.5) is 0 Å². The van der Waals surface area contributed by atoms with Crippen molar-refractivity contribution in [3.8, 4) is 6.07 Å². The normalized spacial score (nSPS) is 20.7. The molecule has 6 heteroatoms. The third kappa shape index (κ3) is 3.42. The van der Waals surface area contributed by atoms with E-state index < -0.39 is 11.9 Å². The van der Waals surface area contributed by atoms with Crippen LogP contribution in [0.2, 0.25) is 0 Å². The van der Waals surface area contributed by atoms with Crippen LogP contribution < -0.4 is 5.73 Å². The summed E-state index contributed by atoms with van der Waals surface area (Å²) < 4.78 is 0. The summed E-state index contributed by atoms with van der Waals surface area (Å²) in [5, 5.41) is 8.93. The maximum absolute atomic E-state index is 12.2. The summed E-state index contributed by atoms with van der Waals surface area (Å²) in [7, 11) is 0. The van der Waals surface area contributed by atoms with Crippen molar-refractivity contribution in [1.29, 1.82) is 5.26 Å². The Morgan fingerprint density at radius 3 is 2.95 bits per heavy atom. The summed E-state index contributed by atoms with van der Waals surface area (Å²) in [6, 6.07) is 5.36. The number of carbonyl (C=O) groups excluding carboxylic acids is 2. The molecule has 2 amide bonds. The molecule has 2 rings (SSSR count). The predicted molar refractivity (Wildman–Crippen MR) is 80.6 cm³/mol. The highest BCUT2D eigenvalue weighted by Crippen LogP contribution is 2.32. The monoisotopic (exact) mass is 305 g/mol. The molecule has 5 nitrogen and oxygen atoms in total. The lowest BCUT2D eigenvalue weighted by Gasteiger charge is -2.30. The summed E-state index contributed by atoms with van der Waals surface area (Å²) in [4.78, 5) is 27.2. The van der Waals surface area contributed by atoms with Crippen molar-refractivity contribution in [1.82, 2.24) is 4.90 Å². The van der Waals surface area contributed by atoms with Gasteiger partial charge in [-0.1, -0.05) is 6.92 Å². The van der Waals surface area contributed by atoms with Crippen LogP contribution in [0.3, 0.4) is 0 Å². The number of primary amides is 1. The molecule has 1 fully saturated rings. The quantitative estimate of drug-likeness (QED) is 0.922. The van der Waals surface area contributed by atoms with Gasteiger partial charge in [-0.25, -0.2) is 0 Å². The van der Waals surface area contributed by atoms with Crippen molar-refractivity contribution in [3.63, 3.8) is 0 Å². The Balaban J connectivity index is 2.23. The molecular formula is C15H19N3O2S. The van der Waals surface area contributed by atoms with Gasteiger partial charge in [0.1, 0.15) is 17.0 Å². The lowest BCUT2D eigenvalue weighted by Crippen LogP contribution is -2.48. The highest BCUT2D eigenvalue weighted by molar-refractivity contribution is 7.12. The number of likely N-dealkylation sites (tertiary alicyclic amines) is 1. The van der Waals surface area contributed by atoms with E-state index in [1.54, 1.807) is 4.90 Å². The van der Waals surface area contributed by atoms with Gasteiger partial charge in [0.25, 0.3) is 0 Å². The summed E-state index contributed by atoms with van der Waals surface area (Å²) in [6.07, 6.45) is 2.68. The molecule has 0 radical (unpaired) electrons. The first-order valence-corrected chi connectivity index (χ1v) is 7.97. The average Bonchev–Trinajstić information content (AvgIpc) is 2.86. The molecule has 2 N–H and O–H groups in total. The smallest absolute Gasteiger partial charge is 0.240 e. The topological polar surface area (TPSA) is 87.2 Å². The molecular weight excluding hydrogens is 286 g/mol. The fraction of sp³-hybridized carbons (Fsp3) is 0.533. The number of nitrogens with two attached hydrogens (primary N) is 1. The highest BCUT2D eigenvalue weighted by atomic mass is 32.1. The van der Waals surface area contributed by atoms with Gasteiger partial charge in [-0.3, -0.25) is 9.59 Å². The van der Waals surface area contributed by atoms with Crippen LogP contribution in [0.5, 0.6) is 0 Å². The van der Waals surface area contributed by atoms with Crippen LogP contribution in [0.25, 0.3) is 0 Å². The second-order valence-electron chi connectivity index (χ2n) is 5.28. The molecule has 0 spiro atoms. The Kier molecular flexibility index (Phi) is 4.97. The molecule has 1 aliphatic heterocycles. The van der Waals surface area contributed by atoms with Crippen molar-refractivity contribution in [2.75, 3.05) is 6.54 Å². The Labute approximate surface area is 128 Å². The number of nitrogens with zero attached hydrogens (tertiary/aromatic N) is 2. The summed E-state index contributed by atoms with van der Waals surface area (Å²) in [6.45, 7) is 2.37. The van der Waals surface area contributed by atoms with Crippen LogP contribution in [0, 0.1) is 11.3 Å². The zero-order valence-corrected chi connectivity index (χ0v) is 12.9. The van der Waals surface area contributed by atoms with Gasteiger partial charge in [0, 0.05) is 23.8 Å². The van der Waals surface area contributed by atoms with E-state index >= 15 is 0 Å².